The largest absolute Gasteiger partial charge is 0.305 e. The van der Waals surface area contributed by atoms with Crippen molar-refractivity contribution >= 4 is 11.7 Å². The van der Waals surface area contributed by atoms with E-state index in [2.05, 4.69) is 20.5 Å². The maximum absolute atomic E-state index is 13.8. The lowest BCUT2D eigenvalue weighted by molar-refractivity contribution is 0.102. The Hall–Kier alpha value is -3.09. The minimum atomic E-state index is -1.17. The number of nitrogens with zero attached hydrogens (tertiary/aromatic N) is 2. The molecule has 0 spiro atoms. The summed E-state index contributed by atoms with van der Waals surface area (Å²) in [5, 5.41) is 9.12. The number of hydrogen-bond acceptors (Lipinski definition) is 3. The van der Waals surface area contributed by atoms with E-state index in [9.17, 15) is 13.6 Å². The Labute approximate surface area is 130 Å². The van der Waals surface area contributed by atoms with Crippen LogP contribution in [0.3, 0.4) is 0 Å². The van der Waals surface area contributed by atoms with Crippen LogP contribution in [0.4, 0.5) is 14.6 Å². The van der Waals surface area contributed by atoms with Gasteiger partial charge in [-0.05, 0) is 30.7 Å². The van der Waals surface area contributed by atoms with Crippen LogP contribution in [0.15, 0.2) is 42.7 Å². The zero-order valence-corrected chi connectivity index (χ0v) is 12.1. The van der Waals surface area contributed by atoms with Crippen LogP contribution in [-0.4, -0.2) is 21.1 Å². The van der Waals surface area contributed by atoms with Gasteiger partial charge in [-0.25, -0.2) is 8.78 Å². The fourth-order valence-electron chi connectivity index (χ4n) is 2.07. The molecular formula is C16H12F2N4O. The fraction of sp³-hybridized carbons (Fsp3) is 0.0625. The van der Waals surface area contributed by atoms with Gasteiger partial charge in [0.2, 0.25) is 0 Å². The Bertz CT molecular complexity index is 862. The maximum Gasteiger partial charge on any atom is 0.259 e. The number of amides is 1. The first-order valence-corrected chi connectivity index (χ1v) is 6.78. The molecule has 23 heavy (non-hydrogen) atoms. The van der Waals surface area contributed by atoms with E-state index in [0.717, 1.165) is 5.56 Å². The molecule has 0 saturated carbocycles. The number of aromatic amines is 1. The Kier molecular flexibility index (Phi) is 3.84. The van der Waals surface area contributed by atoms with Crippen molar-refractivity contribution in [3.05, 3.63) is 65.5 Å². The van der Waals surface area contributed by atoms with Crippen LogP contribution in [0.25, 0.3) is 11.3 Å². The van der Waals surface area contributed by atoms with Crippen LogP contribution in [0.1, 0.15) is 15.9 Å². The van der Waals surface area contributed by atoms with Crippen LogP contribution < -0.4 is 5.32 Å². The first kappa shape index (κ1) is 14.8. The van der Waals surface area contributed by atoms with Crippen molar-refractivity contribution in [1.29, 1.82) is 0 Å². The molecule has 3 aromatic rings. The zero-order valence-electron chi connectivity index (χ0n) is 12.1. The number of hydrogen-bond donors (Lipinski definition) is 2. The maximum atomic E-state index is 13.8. The lowest BCUT2D eigenvalue weighted by atomic mass is 10.1. The molecule has 0 bridgehead atoms. The summed E-state index contributed by atoms with van der Waals surface area (Å²) in [6, 6.07) is 7.72. The molecule has 2 N–H and O–H groups in total. The number of nitrogens with one attached hydrogen (secondary N) is 2. The van der Waals surface area contributed by atoms with Crippen LogP contribution in [-0.2, 0) is 0 Å². The Morgan fingerprint density at radius 1 is 1.13 bits per heavy atom. The van der Waals surface area contributed by atoms with Gasteiger partial charge in [0.1, 0.15) is 0 Å². The minimum absolute atomic E-state index is 0.138. The third-order valence-corrected chi connectivity index (χ3v) is 3.33. The highest BCUT2D eigenvalue weighted by Gasteiger charge is 2.18. The number of anilines is 1. The topological polar surface area (TPSA) is 70.7 Å². The van der Waals surface area contributed by atoms with Gasteiger partial charge in [-0.2, -0.15) is 5.10 Å². The number of pyridine rings is 1. The number of aryl methyl sites for hydroxylation is 1. The molecule has 3 rings (SSSR count). The fourth-order valence-corrected chi connectivity index (χ4v) is 2.07. The van der Waals surface area contributed by atoms with Crippen molar-refractivity contribution in [2.75, 3.05) is 5.32 Å². The summed E-state index contributed by atoms with van der Waals surface area (Å²) in [6.45, 7) is 1.43. The second-order valence-electron chi connectivity index (χ2n) is 4.91. The number of H-pyrrole nitrogens is 1. The van der Waals surface area contributed by atoms with Crippen molar-refractivity contribution in [1.82, 2.24) is 15.2 Å². The van der Waals surface area contributed by atoms with Crippen molar-refractivity contribution in [2.45, 2.75) is 6.92 Å². The second-order valence-corrected chi connectivity index (χ2v) is 4.91. The molecule has 0 aliphatic carbocycles. The molecule has 0 radical (unpaired) electrons. The van der Waals surface area contributed by atoms with E-state index >= 15 is 0 Å². The zero-order chi connectivity index (χ0) is 16.4. The van der Waals surface area contributed by atoms with E-state index in [1.165, 1.54) is 19.1 Å². The summed E-state index contributed by atoms with van der Waals surface area (Å²) in [5.74, 6) is -2.76. The van der Waals surface area contributed by atoms with Crippen LogP contribution in [0.2, 0.25) is 0 Å². The highest BCUT2D eigenvalue weighted by atomic mass is 19.2. The van der Waals surface area contributed by atoms with Crippen LogP contribution >= 0.6 is 0 Å². The molecule has 5 nitrogen and oxygen atoms in total. The normalized spacial score (nSPS) is 10.6. The molecule has 0 unspecified atom stereocenters. The van der Waals surface area contributed by atoms with E-state index in [0.29, 0.717) is 5.69 Å². The third-order valence-electron chi connectivity index (χ3n) is 3.33. The Morgan fingerprint density at radius 3 is 2.61 bits per heavy atom. The summed E-state index contributed by atoms with van der Waals surface area (Å²) in [6.07, 6.45) is 3.25. The number of rotatable bonds is 3. The van der Waals surface area contributed by atoms with E-state index in [-0.39, 0.29) is 16.9 Å². The molecule has 2 heterocycles. The first-order valence-electron chi connectivity index (χ1n) is 6.78. The van der Waals surface area contributed by atoms with Crippen molar-refractivity contribution in [3.8, 4) is 11.3 Å². The van der Waals surface area contributed by atoms with Gasteiger partial charge in [0.05, 0.1) is 11.3 Å². The molecule has 1 amide bonds. The smallest absolute Gasteiger partial charge is 0.259 e. The van der Waals surface area contributed by atoms with Gasteiger partial charge in [-0.15, -0.1) is 0 Å². The molecule has 2 aromatic heterocycles. The van der Waals surface area contributed by atoms with E-state index in [4.69, 9.17) is 0 Å². The number of halogens is 2. The van der Waals surface area contributed by atoms with Crippen LogP contribution in [0.5, 0.6) is 0 Å². The van der Waals surface area contributed by atoms with Gasteiger partial charge in [-0.3, -0.25) is 14.9 Å². The monoisotopic (exact) mass is 314 g/mol. The van der Waals surface area contributed by atoms with Gasteiger partial charge >= 0.3 is 0 Å². The predicted molar refractivity (Wildman–Crippen MR) is 80.9 cm³/mol. The summed E-state index contributed by atoms with van der Waals surface area (Å²) in [4.78, 5) is 16.0. The standard InChI is InChI=1S/C16H12F2N4O/c1-9-2-3-11(15(18)14(9)17)16(23)20-13-8-12(21-22-13)10-4-6-19-7-5-10/h2-8H,1H3,(H2,20,21,22,23). The quantitative estimate of drug-likeness (QED) is 0.779. The van der Waals surface area contributed by atoms with Crippen LogP contribution in [0, 0.1) is 18.6 Å². The van der Waals surface area contributed by atoms with Gasteiger partial charge in [0.15, 0.2) is 17.5 Å². The molecule has 0 aliphatic rings. The summed E-state index contributed by atoms with van der Waals surface area (Å²) in [7, 11) is 0. The number of carbonyl (C=O) groups is 1. The molecule has 1 aromatic carbocycles. The summed E-state index contributed by atoms with van der Waals surface area (Å²) in [5.41, 5.74) is 1.26. The molecule has 0 atom stereocenters. The molecule has 116 valence electrons. The third kappa shape index (κ3) is 2.94. The first-order chi connectivity index (χ1) is 11.1. The van der Waals surface area contributed by atoms with E-state index in [1.54, 1.807) is 30.6 Å². The molecular weight excluding hydrogens is 302 g/mol. The van der Waals surface area contributed by atoms with E-state index < -0.39 is 17.5 Å². The average molecular weight is 314 g/mol. The minimum Gasteiger partial charge on any atom is -0.305 e. The van der Waals surface area contributed by atoms with Gasteiger partial charge in [-0.1, -0.05) is 6.07 Å². The Morgan fingerprint density at radius 2 is 1.87 bits per heavy atom. The number of benzene rings is 1. The molecule has 0 saturated heterocycles. The SMILES string of the molecule is Cc1ccc(C(=O)Nc2cc(-c3ccncc3)[nH]n2)c(F)c1F. The lowest BCUT2D eigenvalue weighted by Gasteiger charge is -2.05. The van der Waals surface area contributed by atoms with Gasteiger partial charge in [0, 0.05) is 24.0 Å². The molecule has 0 fully saturated rings. The Balaban J connectivity index is 1.82. The second kappa shape index (κ2) is 5.96. The van der Waals surface area contributed by atoms with E-state index in [1.807, 2.05) is 0 Å². The predicted octanol–water partition coefficient (Wildman–Crippen LogP) is 3.31. The average Bonchev–Trinajstić information content (AvgIpc) is 3.02. The van der Waals surface area contributed by atoms with Crippen molar-refractivity contribution in [3.63, 3.8) is 0 Å². The lowest BCUT2D eigenvalue weighted by Crippen LogP contribution is -2.15. The molecule has 7 heteroatoms. The molecule has 0 aliphatic heterocycles. The number of aromatic nitrogens is 3. The van der Waals surface area contributed by atoms with Gasteiger partial charge in [0.25, 0.3) is 5.91 Å². The highest BCUT2D eigenvalue weighted by molar-refractivity contribution is 6.04. The summed E-state index contributed by atoms with van der Waals surface area (Å²) < 4.78 is 27.3. The number of carbonyl (C=O) groups excluding carboxylic acids is 1. The van der Waals surface area contributed by atoms with Crippen molar-refractivity contribution in [2.24, 2.45) is 0 Å². The summed E-state index contributed by atoms with van der Waals surface area (Å²) >= 11 is 0. The van der Waals surface area contributed by atoms with Crippen molar-refractivity contribution < 1.29 is 13.6 Å². The van der Waals surface area contributed by atoms with Gasteiger partial charge < -0.3 is 5.32 Å². The highest BCUT2D eigenvalue weighted by Crippen LogP contribution is 2.20.